The summed E-state index contributed by atoms with van der Waals surface area (Å²) in [5.41, 5.74) is 2.06. The van der Waals surface area contributed by atoms with Gasteiger partial charge in [-0.05, 0) is 18.4 Å². The topological polar surface area (TPSA) is 36.9 Å². The molecule has 0 spiro atoms. The van der Waals surface area contributed by atoms with Gasteiger partial charge >= 0.3 is 0 Å². The Morgan fingerprint density at radius 1 is 1.11 bits per heavy atom. The first kappa shape index (κ1) is 16.0. The van der Waals surface area contributed by atoms with E-state index in [9.17, 15) is 0 Å². The summed E-state index contributed by atoms with van der Waals surface area (Å²) in [6.07, 6.45) is 2.82. The number of unbranched alkanes of at least 4 members (excludes halogenated alkanes) is 1. The van der Waals surface area contributed by atoms with E-state index in [1.54, 1.807) is 21.3 Å². The molecule has 0 saturated carbocycles. The number of para-hydroxylation sites is 1. The molecule has 4 heteroatoms. The summed E-state index contributed by atoms with van der Waals surface area (Å²) in [6.45, 7) is 2.39. The maximum absolute atomic E-state index is 5.72. The zero-order valence-electron chi connectivity index (χ0n) is 12.3. The fourth-order valence-electron chi connectivity index (χ4n) is 2.00. The molecule has 0 atom stereocenters. The van der Waals surface area contributed by atoms with Gasteiger partial charge in [0.05, 0.1) is 5.56 Å². The molecule has 0 aliphatic rings. The number of hydrogen-bond acceptors (Lipinski definition) is 4. The Hall–Kier alpha value is -1.10. The normalized spacial score (nSPS) is 11.0. The van der Waals surface area contributed by atoms with Gasteiger partial charge in [-0.1, -0.05) is 31.5 Å². The molecule has 19 heavy (non-hydrogen) atoms. The molecule has 0 fully saturated rings. The number of hydrogen-bond donors (Lipinski definition) is 0. The predicted octanol–water partition coefficient (Wildman–Crippen LogP) is 3.30. The van der Waals surface area contributed by atoms with Crippen molar-refractivity contribution in [2.75, 3.05) is 28.1 Å². The second-order valence-electron chi connectivity index (χ2n) is 4.29. The first-order chi connectivity index (χ1) is 9.28. The lowest BCUT2D eigenvalue weighted by molar-refractivity contribution is -0.107. The van der Waals surface area contributed by atoms with E-state index in [4.69, 9.17) is 18.9 Å². The van der Waals surface area contributed by atoms with Gasteiger partial charge in [0.1, 0.15) is 5.75 Å². The van der Waals surface area contributed by atoms with Gasteiger partial charge in [0.15, 0.2) is 13.1 Å². The molecular weight excluding hydrogens is 244 g/mol. The minimum Gasteiger partial charge on any atom is -0.467 e. The molecule has 0 aromatic heterocycles. The van der Waals surface area contributed by atoms with E-state index in [1.165, 1.54) is 0 Å². The van der Waals surface area contributed by atoms with Crippen LogP contribution in [0.5, 0.6) is 5.75 Å². The average Bonchev–Trinajstić information content (AvgIpc) is 2.45. The highest BCUT2D eigenvalue weighted by Gasteiger charge is 2.18. The summed E-state index contributed by atoms with van der Waals surface area (Å²) in [6, 6.07) is 6.04. The van der Waals surface area contributed by atoms with Gasteiger partial charge in [0, 0.05) is 21.3 Å². The summed E-state index contributed by atoms with van der Waals surface area (Å²) in [5.74, 6) is 0.812. The smallest absolute Gasteiger partial charge is 0.188 e. The molecule has 0 bridgehead atoms. The second-order valence-corrected chi connectivity index (χ2v) is 4.29. The van der Waals surface area contributed by atoms with Crippen molar-refractivity contribution < 1.29 is 18.9 Å². The Morgan fingerprint density at radius 3 is 2.42 bits per heavy atom. The van der Waals surface area contributed by atoms with Crippen LogP contribution in [0.1, 0.15) is 37.2 Å². The Labute approximate surface area is 115 Å². The molecule has 4 nitrogen and oxygen atoms in total. The van der Waals surface area contributed by atoms with Crippen LogP contribution in [0.15, 0.2) is 18.2 Å². The fourth-order valence-corrected chi connectivity index (χ4v) is 2.00. The zero-order valence-corrected chi connectivity index (χ0v) is 12.3. The summed E-state index contributed by atoms with van der Waals surface area (Å²) in [7, 11) is 4.85. The molecule has 0 aliphatic heterocycles. The van der Waals surface area contributed by atoms with E-state index >= 15 is 0 Å². The zero-order chi connectivity index (χ0) is 14.1. The number of ether oxygens (including phenoxy) is 4. The van der Waals surface area contributed by atoms with Crippen molar-refractivity contribution in [2.24, 2.45) is 0 Å². The maximum Gasteiger partial charge on any atom is 0.188 e. The molecule has 0 unspecified atom stereocenters. The number of methoxy groups -OCH3 is 3. The van der Waals surface area contributed by atoms with E-state index in [0.29, 0.717) is 0 Å². The van der Waals surface area contributed by atoms with Crippen molar-refractivity contribution in [1.29, 1.82) is 0 Å². The maximum atomic E-state index is 5.72. The molecule has 0 radical (unpaired) electrons. The summed E-state index contributed by atoms with van der Waals surface area (Å²) in [5, 5.41) is 0. The Bertz CT molecular complexity index is 361. The minimum absolute atomic E-state index is 0.219. The van der Waals surface area contributed by atoms with Crippen molar-refractivity contribution in [3.05, 3.63) is 29.3 Å². The van der Waals surface area contributed by atoms with Gasteiger partial charge in [-0.15, -0.1) is 0 Å². The third kappa shape index (κ3) is 4.49. The Kier molecular flexibility index (Phi) is 7.48. The lowest BCUT2D eigenvalue weighted by Gasteiger charge is -2.20. The molecule has 1 aromatic rings. The fraction of sp³-hybridized carbons (Fsp3) is 0.600. The molecule has 0 saturated heterocycles. The van der Waals surface area contributed by atoms with Gasteiger partial charge in [-0.25, -0.2) is 0 Å². The van der Waals surface area contributed by atoms with Gasteiger partial charge in [-0.3, -0.25) is 0 Å². The molecule has 0 amide bonds. The van der Waals surface area contributed by atoms with E-state index in [1.807, 2.05) is 12.1 Å². The number of rotatable bonds is 9. The SMILES string of the molecule is CCCCc1cccc(C(OC)OC)c1OCOC. The Morgan fingerprint density at radius 2 is 1.84 bits per heavy atom. The van der Waals surface area contributed by atoms with Gasteiger partial charge in [-0.2, -0.15) is 0 Å². The van der Waals surface area contributed by atoms with Gasteiger partial charge in [0.2, 0.25) is 0 Å². The molecule has 108 valence electrons. The van der Waals surface area contributed by atoms with E-state index in [0.717, 1.165) is 36.1 Å². The van der Waals surface area contributed by atoms with Crippen LogP contribution < -0.4 is 4.74 Å². The van der Waals surface area contributed by atoms with Crippen LogP contribution >= 0.6 is 0 Å². The van der Waals surface area contributed by atoms with Crippen LogP contribution in [0, 0.1) is 0 Å². The van der Waals surface area contributed by atoms with Crippen LogP contribution in [0.4, 0.5) is 0 Å². The van der Waals surface area contributed by atoms with E-state index in [-0.39, 0.29) is 6.79 Å². The van der Waals surface area contributed by atoms with Crippen LogP contribution in [0.3, 0.4) is 0 Å². The molecule has 0 aliphatic carbocycles. The Balaban J connectivity index is 3.05. The number of benzene rings is 1. The monoisotopic (exact) mass is 268 g/mol. The van der Waals surface area contributed by atoms with Crippen molar-refractivity contribution in [2.45, 2.75) is 32.5 Å². The number of aryl methyl sites for hydroxylation is 1. The first-order valence-corrected chi connectivity index (χ1v) is 6.57. The van der Waals surface area contributed by atoms with Crippen molar-refractivity contribution >= 4 is 0 Å². The van der Waals surface area contributed by atoms with Crippen LogP contribution in [0.2, 0.25) is 0 Å². The van der Waals surface area contributed by atoms with E-state index in [2.05, 4.69) is 13.0 Å². The van der Waals surface area contributed by atoms with Gasteiger partial charge in [0.25, 0.3) is 0 Å². The summed E-state index contributed by atoms with van der Waals surface area (Å²) < 4.78 is 21.4. The summed E-state index contributed by atoms with van der Waals surface area (Å²) >= 11 is 0. The van der Waals surface area contributed by atoms with Crippen molar-refractivity contribution in [3.8, 4) is 5.75 Å². The first-order valence-electron chi connectivity index (χ1n) is 6.57. The third-order valence-corrected chi connectivity index (χ3v) is 2.93. The summed E-state index contributed by atoms with van der Waals surface area (Å²) in [4.78, 5) is 0. The van der Waals surface area contributed by atoms with Gasteiger partial charge < -0.3 is 18.9 Å². The average molecular weight is 268 g/mol. The molecule has 0 N–H and O–H groups in total. The lowest BCUT2D eigenvalue weighted by Crippen LogP contribution is -2.10. The molecule has 0 heterocycles. The van der Waals surface area contributed by atoms with Crippen LogP contribution in [-0.4, -0.2) is 28.1 Å². The van der Waals surface area contributed by atoms with Crippen LogP contribution in [0.25, 0.3) is 0 Å². The highest BCUT2D eigenvalue weighted by Crippen LogP contribution is 2.32. The van der Waals surface area contributed by atoms with E-state index < -0.39 is 6.29 Å². The standard InChI is InChI=1S/C15H24O4/c1-5-6-8-12-9-7-10-13(15(17-3)18-4)14(12)19-11-16-2/h7,9-10,15H,5-6,8,11H2,1-4H3. The highest BCUT2D eigenvalue weighted by atomic mass is 16.7. The minimum atomic E-state index is -0.423. The van der Waals surface area contributed by atoms with Crippen molar-refractivity contribution in [3.63, 3.8) is 0 Å². The van der Waals surface area contributed by atoms with Crippen LogP contribution in [-0.2, 0) is 20.6 Å². The molecule has 1 rings (SSSR count). The molecular formula is C15H24O4. The molecule has 1 aromatic carbocycles. The third-order valence-electron chi connectivity index (χ3n) is 2.93. The second kappa shape index (κ2) is 8.91. The quantitative estimate of drug-likeness (QED) is 0.644. The van der Waals surface area contributed by atoms with Crippen molar-refractivity contribution in [1.82, 2.24) is 0 Å². The lowest BCUT2D eigenvalue weighted by atomic mass is 10.0. The largest absolute Gasteiger partial charge is 0.467 e. The predicted molar refractivity (Wildman–Crippen MR) is 74.3 cm³/mol. The highest BCUT2D eigenvalue weighted by molar-refractivity contribution is 5.42.